The van der Waals surface area contributed by atoms with Gasteiger partial charge >= 0.3 is 0 Å². The summed E-state index contributed by atoms with van der Waals surface area (Å²) in [7, 11) is 2.15. The normalized spacial score (nSPS) is 14.8. The molecule has 1 aromatic heterocycles. The van der Waals surface area contributed by atoms with Crippen molar-refractivity contribution < 1.29 is 9.59 Å². The second kappa shape index (κ2) is 10.5. The minimum absolute atomic E-state index is 0.136. The molecule has 32 heavy (non-hydrogen) atoms. The summed E-state index contributed by atoms with van der Waals surface area (Å²) in [6, 6.07) is 17.0. The van der Waals surface area contributed by atoms with E-state index in [0.29, 0.717) is 16.4 Å². The summed E-state index contributed by atoms with van der Waals surface area (Å²) in [5.41, 5.74) is 3.21. The zero-order valence-corrected chi connectivity index (χ0v) is 18.9. The second-order valence-corrected chi connectivity index (χ2v) is 8.82. The summed E-state index contributed by atoms with van der Waals surface area (Å²) in [4.78, 5) is 33.8. The predicted octanol–water partition coefficient (Wildman–Crippen LogP) is 3.32. The van der Waals surface area contributed by atoms with Crippen LogP contribution in [-0.4, -0.2) is 59.8 Å². The quantitative estimate of drug-likeness (QED) is 0.579. The molecule has 7 nitrogen and oxygen atoms in total. The number of hydrogen-bond donors (Lipinski definition) is 2. The maximum Gasteiger partial charge on any atom is 0.257 e. The Morgan fingerprint density at radius 2 is 1.69 bits per heavy atom. The molecule has 0 bridgehead atoms. The van der Waals surface area contributed by atoms with Gasteiger partial charge in [0.15, 0.2) is 5.13 Å². The van der Waals surface area contributed by atoms with Crippen LogP contribution in [0.1, 0.15) is 21.6 Å². The third-order valence-corrected chi connectivity index (χ3v) is 6.20. The molecular weight excluding hydrogens is 422 g/mol. The Bertz CT molecular complexity index is 1040. The molecule has 2 heterocycles. The first-order valence-corrected chi connectivity index (χ1v) is 11.5. The van der Waals surface area contributed by atoms with E-state index < -0.39 is 0 Å². The molecule has 8 heteroatoms. The Kier molecular flexibility index (Phi) is 7.26. The lowest BCUT2D eigenvalue weighted by Gasteiger charge is -2.32. The van der Waals surface area contributed by atoms with Crippen LogP contribution >= 0.6 is 11.3 Å². The highest BCUT2D eigenvalue weighted by Gasteiger charge is 2.14. The van der Waals surface area contributed by atoms with Crippen molar-refractivity contribution in [1.82, 2.24) is 14.8 Å². The van der Waals surface area contributed by atoms with Crippen molar-refractivity contribution in [2.45, 2.75) is 13.0 Å². The molecule has 0 radical (unpaired) electrons. The lowest BCUT2D eigenvalue weighted by molar-refractivity contribution is -0.115. The van der Waals surface area contributed by atoms with E-state index in [0.717, 1.165) is 38.4 Å². The molecule has 1 aliphatic rings. The molecule has 0 saturated carbocycles. The third kappa shape index (κ3) is 6.23. The summed E-state index contributed by atoms with van der Waals surface area (Å²) >= 11 is 1.31. The van der Waals surface area contributed by atoms with Crippen LogP contribution in [0.15, 0.2) is 60.0 Å². The van der Waals surface area contributed by atoms with Crippen LogP contribution in [0, 0.1) is 0 Å². The van der Waals surface area contributed by atoms with Gasteiger partial charge in [-0.3, -0.25) is 19.8 Å². The number of nitrogens with zero attached hydrogens (tertiary/aromatic N) is 3. The fourth-order valence-electron chi connectivity index (χ4n) is 3.53. The Morgan fingerprint density at radius 1 is 0.969 bits per heavy atom. The number of benzene rings is 2. The number of piperazine rings is 1. The maximum atomic E-state index is 12.4. The first-order chi connectivity index (χ1) is 15.5. The Hall–Kier alpha value is -3.07. The molecule has 2 aromatic carbocycles. The fraction of sp³-hybridized carbons (Fsp3) is 0.292. The van der Waals surface area contributed by atoms with Crippen LogP contribution in [-0.2, 0) is 17.8 Å². The summed E-state index contributed by atoms with van der Waals surface area (Å²) in [6.45, 7) is 5.29. The smallest absolute Gasteiger partial charge is 0.257 e. The average molecular weight is 450 g/mol. The van der Waals surface area contributed by atoms with Gasteiger partial charge in [0.25, 0.3) is 5.91 Å². The molecule has 4 rings (SSSR count). The van der Waals surface area contributed by atoms with E-state index in [2.05, 4.69) is 44.6 Å². The first-order valence-electron chi connectivity index (χ1n) is 10.7. The number of nitrogens with one attached hydrogen (secondary N) is 2. The van der Waals surface area contributed by atoms with Crippen molar-refractivity contribution in [2.75, 3.05) is 43.9 Å². The highest BCUT2D eigenvalue weighted by molar-refractivity contribution is 7.14. The van der Waals surface area contributed by atoms with E-state index in [9.17, 15) is 9.59 Å². The van der Waals surface area contributed by atoms with Gasteiger partial charge in [-0.1, -0.05) is 30.3 Å². The number of carbonyl (C=O) groups excluding carboxylic acids is 2. The number of hydrogen-bond acceptors (Lipinski definition) is 6. The maximum absolute atomic E-state index is 12.4. The van der Waals surface area contributed by atoms with Gasteiger partial charge in [-0.2, -0.15) is 0 Å². The molecule has 1 fully saturated rings. The molecule has 3 aromatic rings. The summed E-state index contributed by atoms with van der Waals surface area (Å²) in [6.07, 6.45) is 0.154. The molecule has 166 valence electrons. The van der Waals surface area contributed by atoms with E-state index in [1.165, 1.54) is 16.9 Å². The monoisotopic (exact) mass is 449 g/mol. The zero-order chi connectivity index (χ0) is 22.3. The number of rotatable bonds is 7. The fourth-order valence-corrected chi connectivity index (χ4v) is 4.24. The Labute approximate surface area is 192 Å². The van der Waals surface area contributed by atoms with Gasteiger partial charge in [-0.05, 0) is 36.9 Å². The van der Waals surface area contributed by atoms with Crippen molar-refractivity contribution >= 4 is 34.0 Å². The van der Waals surface area contributed by atoms with Crippen molar-refractivity contribution in [2.24, 2.45) is 0 Å². The molecule has 1 aliphatic heterocycles. The van der Waals surface area contributed by atoms with Crippen LogP contribution < -0.4 is 10.6 Å². The van der Waals surface area contributed by atoms with Crippen molar-refractivity contribution in [1.29, 1.82) is 0 Å². The van der Waals surface area contributed by atoms with Crippen LogP contribution in [0.3, 0.4) is 0 Å². The molecule has 1 saturated heterocycles. The van der Waals surface area contributed by atoms with Crippen LogP contribution in [0.4, 0.5) is 10.8 Å². The van der Waals surface area contributed by atoms with E-state index in [-0.39, 0.29) is 18.2 Å². The number of likely N-dealkylation sites (N-methyl/N-ethyl adjacent to an activating group) is 1. The van der Waals surface area contributed by atoms with Crippen molar-refractivity contribution in [3.63, 3.8) is 0 Å². The predicted molar refractivity (Wildman–Crippen MR) is 128 cm³/mol. The summed E-state index contributed by atoms with van der Waals surface area (Å²) in [5, 5.41) is 7.97. The first kappa shape index (κ1) is 22.1. The van der Waals surface area contributed by atoms with Gasteiger partial charge in [-0.15, -0.1) is 11.3 Å². The van der Waals surface area contributed by atoms with E-state index in [1.54, 1.807) is 17.5 Å². The highest BCUT2D eigenvalue weighted by Crippen LogP contribution is 2.18. The second-order valence-electron chi connectivity index (χ2n) is 7.97. The average Bonchev–Trinajstić information content (AvgIpc) is 3.23. The van der Waals surface area contributed by atoms with Gasteiger partial charge in [0.05, 0.1) is 12.1 Å². The standard InChI is InChI=1S/C24H27N5O2S/c1-28-11-13-29(14-12-28)16-18-7-9-20(10-8-18)25-22(30)15-21-17-32-24(26-21)27-23(31)19-5-3-2-4-6-19/h2-10,17H,11-16H2,1H3,(H,25,30)(H,26,27,31). The molecule has 0 unspecified atom stereocenters. The number of amides is 2. The van der Waals surface area contributed by atoms with Crippen LogP contribution in [0.25, 0.3) is 0 Å². The van der Waals surface area contributed by atoms with Crippen LogP contribution in [0.2, 0.25) is 0 Å². The van der Waals surface area contributed by atoms with E-state index >= 15 is 0 Å². The number of aromatic nitrogens is 1. The SMILES string of the molecule is CN1CCN(Cc2ccc(NC(=O)Cc3csc(NC(=O)c4ccccc4)n3)cc2)CC1. The molecule has 2 amide bonds. The van der Waals surface area contributed by atoms with Gasteiger partial charge in [0, 0.05) is 49.4 Å². The molecule has 0 aliphatic carbocycles. The number of carbonyl (C=O) groups is 2. The largest absolute Gasteiger partial charge is 0.326 e. The Balaban J connectivity index is 1.25. The van der Waals surface area contributed by atoms with Crippen molar-refractivity contribution in [3.8, 4) is 0 Å². The lowest BCUT2D eigenvalue weighted by Crippen LogP contribution is -2.43. The van der Waals surface area contributed by atoms with Gasteiger partial charge in [0.2, 0.25) is 5.91 Å². The topological polar surface area (TPSA) is 77.6 Å². The summed E-state index contributed by atoms with van der Waals surface area (Å²) in [5.74, 6) is -0.351. The molecular formula is C24H27N5O2S. The highest BCUT2D eigenvalue weighted by atomic mass is 32.1. The van der Waals surface area contributed by atoms with Crippen molar-refractivity contribution in [3.05, 3.63) is 76.8 Å². The molecule has 2 N–H and O–H groups in total. The van der Waals surface area contributed by atoms with E-state index in [4.69, 9.17) is 0 Å². The molecule has 0 spiro atoms. The van der Waals surface area contributed by atoms with Gasteiger partial charge in [-0.25, -0.2) is 4.98 Å². The Morgan fingerprint density at radius 3 is 2.41 bits per heavy atom. The summed E-state index contributed by atoms with van der Waals surface area (Å²) < 4.78 is 0. The minimum Gasteiger partial charge on any atom is -0.326 e. The van der Waals surface area contributed by atoms with Gasteiger partial charge in [0.1, 0.15) is 0 Å². The number of thiazole rings is 1. The third-order valence-electron chi connectivity index (χ3n) is 5.39. The van der Waals surface area contributed by atoms with E-state index in [1.807, 2.05) is 30.3 Å². The minimum atomic E-state index is -0.215. The lowest BCUT2D eigenvalue weighted by atomic mass is 10.1. The number of anilines is 2. The van der Waals surface area contributed by atoms with Gasteiger partial charge < -0.3 is 10.2 Å². The molecule has 0 atom stereocenters. The van der Waals surface area contributed by atoms with Crippen LogP contribution in [0.5, 0.6) is 0 Å². The zero-order valence-electron chi connectivity index (χ0n) is 18.1.